The second kappa shape index (κ2) is 6.47. The fourth-order valence-corrected chi connectivity index (χ4v) is 1.91. The van der Waals surface area contributed by atoms with Crippen LogP contribution in [0.25, 0.3) is 0 Å². The minimum absolute atomic E-state index is 0.232. The highest BCUT2D eigenvalue weighted by molar-refractivity contribution is 5.54. The van der Waals surface area contributed by atoms with Gasteiger partial charge in [-0.2, -0.15) is 5.26 Å². The van der Waals surface area contributed by atoms with E-state index in [0.29, 0.717) is 6.61 Å². The molecule has 3 nitrogen and oxygen atoms in total. The maximum Gasteiger partial charge on any atom is 0.124 e. The number of nitriles is 1. The zero-order valence-corrected chi connectivity index (χ0v) is 12.4. The number of hydrogen-bond donors (Lipinski definition) is 1. The number of ether oxygens (including phenoxy) is 1. The highest BCUT2D eigenvalue weighted by Gasteiger charge is 2.15. The van der Waals surface area contributed by atoms with Crippen molar-refractivity contribution in [2.45, 2.75) is 47.0 Å². The van der Waals surface area contributed by atoms with Gasteiger partial charge < -0.3 is 10.5 Å². The summed E-state index contributed by atoms with van der Waals surface area (Å²) in [7, 11) is 0. The molecule has 0 radical (unpaired) electrons. The summed E-state index contributed by atoms with van der Waals surface area (Å²) in [5, 5.41) is 8.93. The van der Waals surface area contributed by atoms with Crippen LogP contribution in [0, 0.1) is 30.6 Å². The van der Waals surface area contributed by atoms with Gasteiger partial charge in [0.1, 0.15) is 5.75 Å². The Kier molecular flexibility index (Phi) is 5.23. The fourth-order valence-electron chi connectivity index (χ4n) is 1.91. The van der Waals surface area contributed by atoms with Gasteiger partial charge in [0.2, 0.25) is 0 Å². The van der Waals surface area contributed by atoms with Gasteiger partial charge in [0, 0.05) is 11.8 Å². The third-order valence-corrected chi connectivity index (χ3v) is 3.32. The number of rotatable bonds is 6. The monoisotopic (exact) mass is 260 g/mol. The van der Waals surface area contributed by atoms with E-state index in [2.05, 4.69) is 6.07 Å². The van der Waals surface area contributed by atoms with Crippen molar-refractivity contribution < 1.29 is 4.74 Å². The van der Waals surface area contributed by atoms with Crippen molar-refractivity contribution in [3.8, 4) is 11.8 Å². The summed E-state index contributed by atoms with van der Waals surface area (Å²) in [6.45, 7) is 8.64. The topological polar surface area (TPSA) is 59.0 Å². The molecule has 0 saturated heterocycles. The predicted molar refractivity (Wildman–Crippen MR) is 79.1 cm³/mol. The number of nitrogens with two attached hydrogens (primary N) is 1. The number of aryl methyl sites for hydroxylation is 2. The van der Waals surface area contributed by atoms with E-state index in [1.54, 1.807) is 0 Å². The van der Waals surface area contributed by atoms with E-state index in [4.69, 9.17) is 15.7 Å². The van der Waals surface area contributed by atoms with E-state index in [-0.39, 0.29) is 5.41 Å². The van der Waals surface area contributed by atoms with Crippen LogP contribution >= 0.6 is 0 Å². The van der Waals surface area contributed by atoms with Crippen LogP contribution in [0.5, 0.6) is 5.75 Å². The summed E-state index contributed by atoms with van der Waals surface area (Å²) in [6, 6.07) is 6.25. The Labute approximate surface area is 116 Å². The van der Waals surface area contributed by atoms with Crippen molar-refractivity contribution in [1.29, 1.82) is 5.26 Å². The van der Waals surface area contributed by atoms with Gasteiger partial charge >= 0.3 is 0 Å². The maximum atomic E-state index is 8.93. The molecule has 3 heteroatoms. The van der Waals surface area contributed by atoms with Crippen LogP contribution in [0.4, 0.5) is 5.69 Å². The van der Waals surface area contributed by atoms with Crippen LogP contribution in [0.15, 0.2) is 12.1 Å². The Morgan fingerprint density at radius 2 is 1.89 bits per heavy atom. The smallest absolute Gasteiger partial charge is 0.124 e. The van der Waals surface area contributed by atoms with Crippen molar-refractivity contribution in [3.63, 3.8) is 0 Å². The first-order valence-corrected chi connectivity index (χ1v) is 6.76. The van der Waals surface area contributed by atoms with E-state index in [1.807, 2.05) is 39.8 Å². The molecule has 0 saturated carbocycles. The normalized spacial score (nSPS) is 11.1. The summed E-state index contributed by atoms with van der Waals surface area (Å²) in [4.78, 5) is 0. The molecule has 0 amide bonds. The Hall–Kier alpha value is -1.69. The van der Waals surface area contributed by atoms with Crippen LogP contribution < -0.4 is 10.5 Å². The maximum absolute atomic E-state index is 8.93. The van der Waals surface area contributed by atoms with Gasteiger partial charge in [0.15, 0.2) is 0 Å². The molecule has 0 fully saturated rings. The van der Waals surface area contributed by atoms with Crippen LogP contribution in [-0.2, 0) is 0 Å². The Morgan fingerprint density at radius 1 is 1.21 bits per heavy atom. The molecular formula is C16H24N2O. The van der Waals surface area contributed by atoms with Gasteiger partial charge in [0.05, 0.1) is 18.1 Å². The van der Waals surface area contributed by atoms with Crippen LogP contribution in [0.1, 0.15) is 44.2 Å². The lowest BCUT2D eigenvalue weighted by Gasteiger charge is -2.15. The number of hydrogen-bond acceptors (Lipinski definition) is 3. The van der Waals surface area contributed by atoms with Crippen molar-refractivity contribution in [2.24, 2.45) is 5.41 Å². The molecule has 2 N–H and O–H groups in total. The van der Waals surface area contributed by atoms with Crippen molar-refractivity contribution in [3.05, 3.63) is 23.3 Å². The van der Waals surface area contributed by atoms with Crippen molar-refractivity contribution >= 4 is 5.69 Å². The first-order valence-electron chi connectivity index (χ1n) is 6.76. The SMILES string of the molecule is Cc1cc(C)c(OCCCCC(C)(C)C#N)cc1N. The molecule has 1 aromatic carbocycles. The van der Waals surface area contributed by atoms with Gasteiger partial charge in [-0.3, -0.25) is 0 Å². The first-order chi connectivity index (χ1) is 8.85. The van der Waals surface area contributed by atoms with Crippen molar-refractivity contribution in [2.75, 3.05) is 12.3 Å². The van der Waals surface area contributed by atoms with E-state index in [0.717, 1.165) is 41.8 Å². The molecular weight excluding hydrogens is 236 g/mol. The number of nitrogens with zero attached hydrogens (tertiary/aromatic N) is 1. The highest BCUT2D eigenvalue weighted by atomic mass is 16.5. The zero-order chi connectivity index (χ0) is 14.5. The van der Waals surface area contributed by atoms with E-state index in [9.17, 15) is 0 Å². The molecule has 104 valence electrons. The molecule has 0 spiro atoms. The number of benzene rings is 1. The number of unbranched alkanes of at least 4 members (excludes halogenated alkanes) is 1. The molecule has 0 aliphatic heterocycles. The average molecular weight is 260 g/mol. The minimum atomic E-state index is -0.232. The largest absolute Gasteiger partial charge is 0.493 e. The zero-order valence-electron chi connectivity index (χ0n) is 12.4. The van der Waals surface area contributed by atoms with Crippen LogP contribution in [-0.4, -0.2) is 6.61 Å². The molecule has 0 heterocycles. The van der Waals surface area contributed by atoms with Gasteiger partial charge in [0.25, 0.3) is 0 Å². The second-order valence-corrected chi connectivity index (χ2v) is 5.78. The van der Waals surface area contributed by atoms with E-state index >= 15 is 0 Å². The van der Waals surface area contributed by atoms with Crippen LogP contribution in [0.3, 0.4) is 0 Å². The lowest BCUT2D eigenvalue weighted by molar-refractivity contribution is 0.293. The van der Waals surface area contributed by atoms with Gasteiger partial charge in [-0.25, -0.2) is 0 Å². The van der Waals surface area contributed by atoms with E-state index in [1.165, 1.54) is 0 Å². The third kappa shape index (κ3) is 4.82. The Bertz CT molecular complexity index is 472. The quantitative estimate of drug-likeness (QED) is 0.621. The highest BCUT2D eigenvalue weighted by Crippen LogP contribution is 2.25. The molecule has 0 unspecified atom stereocenters. The Morgan fingerprint density at radius 3 is 2.53 bits per heavy atom. The second-order valence-electron chi connectivity index (χ2n) is 5.78. The lowest BCUT2D eigenvalue weighted by Crippen LogP contribution is -2.08. The summed E-state index contributed by atoms with van der Waals surface area (Å²) in [5.74, 6) is 0.864. The molecule has 0 aromatic heterocycles. The minimum Gasteiger partial charge on any atom is -0.493 e. The summed E-state index contributed by atoms with van der Waals surface area (Å²) in [6.07, 6.45) is 2.86. The molecule has 0 atom stereocenters. The third-order valence-electron chi connectivity index (χ3n) is 3.32. The summed E-state index contributed by atoms with van der Waals surface area (Å²) >= 11 is 0. The number of nitrogen functional groups attached to an aromatic ring is 1. The van der Waals surface area contributed by atoms with Gasteiger partial charge in [-0.05, 0) is 58.1 Å². The molecule has 19 heavy (non-hydrogen) atoms. The molecule has 1 rings (SSSR count). The lowest BCUT2D eigenvalue weighted by atomic mass is 9.89. The first kappa shape index (κ1) is 15.4. The molecule has 0 aliphatic rings. The van der Waals surface area contributed by atoms with Gasteiger partial charge in [-0.1, -0.05) is 6.07 Å². The molecule has 0 bridgehead atoms. The molecule has 1 aromatic rings. The van der Waals surface area contributed by atoms with Crippen molar-refractivity contribution in [1.82, 2.24) is 0 Å². The average Bonchev–Trinajstić information content (AvgIpc) is 2.35. The van der Waals surface area contributed by atoms with Gasteiger partial charge in [-0.15, -0.1) is 0 Å². The number of anilines is 1. The summed E-state index contributed by atoms with van der Waals surface area (Å²) < 4.78 is 5.76. The van der Waals surface area contributed by atoms with Crippen LogP contribution in [0.2, 0.25) is 0 Å². The van der Waals surface area contributed by atoms with E-state index < -0.39 is 0 Å². The predicted octanol–water partition coefficient (Wildman–Crippen LogP) is 3.98. The Balaban J connectivity index is 2.39. The fraction of sp³-hybridized carbons (Fsp3) is 0.562. The summed E-state index contributed by atoms with van der Waals surface area (Å²) in [5.41, 5.74) is 8.62. The standard InChI is InChI=1S/C16H24N2O/c1-12-9-13(2)15(10-14(12)18)19-8-6-5-7-16(3,4)11-17/h9-10H,5-8,18H2,1-4H3. The molecule has 0 aliphatic carbocycles.